The monoisotopic (exact) mass is 274 g/mol. The van der Waals surface area contributed by atoms with Crippen LogP contribution in [-0.2, 0) is 9.59 Å². The van der Waals surface area contributed by atoms with Crippen molar-refractivity contribution in [3.63, 3.8) is 0 Å². The average Bonchev–Trinajstić information content (AvgIpc) is 2.37. The standard InChI is InChI=1S/C16H22N2O2/c1-12(2)11-15(19)18-14(16(17)20)10-6-9-13-7-4-3-5-8-13/h3-9,12,14H,10-11H2,1-2H3,(H2,17,20)(H,18,19)/b9-6+/t14-/m1/s1. The maximum absolute atomic E-state index is 11.7. The van der Waals surface area contributed by atoms with Gasteiger partial charge in [-0.1, -0.05) is 56.3 Å². The number of nitrogens with two attached hydrogens (primary N) is 1. The van der Waals surface area contributed by atoms with Crippen molar-refractivity contribution < 1.29 is 9.59 Å². The van der Waals surface area contributed by atoms with Crippen LogP contribution < -0.4 is 11.1 Å². The summed E-state index contributed by atoms with van der Waals surface area (Å²) < 4.78 is 0. The van der Waals surface area contributed by atoms with Crippen LogP contribution in [0.25, 0.3) is 6.08 Å². The fourth-order valence-electron chi connectivity index (χ4n) is 1.77. The summed E-state index contributed by atoms with van der Waals surface area (Å²) in [4.78, 5) is 23.0. The molecule has 0 bridgehead atoms. The average molecular weight is 274 g/mol. The van der Waals surface area contributed by atoms with E-state index in [1.165, 1.54) is 0 Å². The number of hydrogen-bond donors (Lipinski definition) is 2. The van der Waals surface area contributed by atoms with E-state index >= 15 is 0 Å². The van der Waals surface area contributed by atoms with Gasteiger partial charge >= 0.3 is 0 Å². The summed E-state index contributed by atoms with van der Waals surface area (Å²) in [7, 11) is 0. The largest absolute Gasteiger partial charge is 0.368 e. The number of carbonyl (C=O) groups excluding carboxylic acids is 2. The van der Waals surface area contributed by atoms with E-state index in [1.807, 2.05) is 56.3 Å². The summed E-state index contributed by atoms with van der Waals surface area (Å²) in [5, 5.41) is 2.67. The van der Waals surface area contributed by atoms with Gasteiger partial charge in [0.05, 0.1) is 0 Å². The molecule has 4 nitrogen and oxygen atoms in total. The zero-order chi connectivity index (χ0) is 15.0. The number of primary amides is 1. The van der Waals surface area contributed by atoms with Gasteiger partial charge in [0.1, 0.15) is 6.04 Å². The third-order valence-electron chi connectivity index (χ3n) is 2.75. The predicted molar refractivity (Wildman–Crippen MR) is 80.7 cm³/mol. The lowest BCUT2D eigenvalue weighted by atomic mass is 10.1. The molecule has 1 rings (SSSR count). The molecule has 1 aromatic carbocycles. The van der Waals surface area contributed by atoms with Crippen molar-refractivity contribution >= 4 is 17.9 Å². The normalized spacial score (nSPS) is 12.6. The van der Waals surface area contributed by atoms with Crippen molar-refractivity contribution in [3.8, 4) is 0 Å². The van der Waals surface area contributed by atoms with Gasteiger partial charge in [-0.2, -0.15) is 0 Å². The molecule has 0 spiro atoms. The molecule has 4 heteroatoms. The Labute approximate surface area is 120 Å². The van der Waals surface area contributed by atoms with E-state index in [2.05, 4.69) is 5.32 Å². The molecule has 0 fully saturated rings. The van der Waals surface area contributed by atoms with E-state index in [1.54, 1.807) is 0 Å². The second-order valence-corrected chi connectivity index (χ2v) is 5.17. The van der Waals surface area contributed by atoms with Crippen LogP contribution >= 0.6 is 0 Å². The second kappa shape index (κ2) is 8.15. The predicted octanol–water partition coefficient (Wildman–Crippen LogP) is 2.11. The highest BCUT2D eigenvalue weighted by atomic mass is 16.2. The van der Waals surface area contributed by atoms with E-state index in [-0.39, 0.29) is 11.8 Å². The highest BCUT2D eigenvalue weighted by Crippen LogP contribution is 2.04. The van der Waals surface area contributed by atoms with Crippen LogP contribution in [0.5, 0.6) is 0 Å². The van der Waals surface area contributed by atoms with Crippen molar-refractivity contribution in [1.29, 1.82) is 0 Å². The van der Waals surface area contributed by atoms with E-state index < -0.39 is 11.9 Å². The van der Waals surface area contributed by atoms with Crippen LogP contribution in [0.4, 0.5) is 0 Å². The van der Waals surface area contributed by atoms with Crippen LogP contribution in [0.2, 0.25) is 0 Å². The third kappa shape index (κ3) is 6.18. The molecule has 20 heavy (non-hydrogen) atoms. The Kier molecular flexibility index (Phi) is 6.50. The first-order valence-corrected chi connectivity index (χ1v) is 6.79. The van der Waals surface area contributed by atoms with Crippen LogP contribution in [0.3, 0.4) is 0 Å². The maximum atomic E-state index is 11.7. The topological polar surface area (TPSA) is 72.2 Å². The minimum Gasteiger partial charge on any atom is -0.368 e. The Morgan fingerprint density at radius 3 is 2.45 bits per heavy atom. The summed E-state index contributed by atoms with van der Waals surface area (Å²) in [6.45, 7) is 3.91. The highest BCUT2D eigenvalue weighted by molar-refractivity contribution is 5.86. The molecule has 108 valence electrons. The number of hydrogen-bond acceptors (Lipinski definition) is 2. The number of carbonyl (C=O) groups is 2. The van der Waals surface area contributed by atoms with Crippen molar-refractivity contribution in [1.82, 2.24) is 5.32 Å². The first-order chi connectivity index (χ1) is 9.49. The Morgan fingerprint density at radius 1 is 1.25 bits per heavy atom. The van der Waals surface area contributed by atoms with Gasteiger partial charge < -0.3 is 11.1 Å². The zero-order valence-corrected chi connectivity index (χ0v) is 12.0. The molecule has 0 saturated carbocycles. The Hall–Kier alpha value is -2.10. The summed E-state index contributed by atoms with van der Waals surface area (Å²) in [5.41, 5.74) is 6.35. The summed E-state index contributed by atoms with van der Waals surface area (Å²) >= 11 is 0. The fraction of sp³-hybridized carbons (Fsp3) is 0.375. The first kappa shape index (κ1) is 16.0. The molecule has 0 aliphatic carbocycles. The van der Waals surface area contributed by atoms with Gasteiger partial charge in [0.2, 0.25) is 11.8 Å². The van der Waals surface area contributed by atoms with Crippen LogP contribution in [-0.4, -0.2) is 17.9 Å². The lowest BCUT2D eigenvalue weighted by Gasteiger charge is -2.14. The zero-order valence-electron chi connectivity index (χ0n) is 12.0. The van der Waals surface area contributed by atoms with E-state index in [9.17, 15) is 9.59 Å². The molecule has 3 N–H and O–H groups in total. The van der Waals surface area contributed by atoms with Crippen molar-refractivity contribution in [2.45, 2.75) is 32.7 Å². The molecule has 2 amide bonds. The fourth-order valence-corrected chi connectivity index (χ4v) is 1.77. The van der Waals surface area contributed by atoms with Gasteiger partial charge in [0.15, 0.2) is 0 Å². The van der Waals surface area contributed by atoms with Crippen LogP contribution in [0, 0.1) is 5.92 Å². The molecule has 0 heterocycles. The Balaban J connectivity index is 2.53. The smallest absolute Gasteiger partial charge is 0.240 e. The van der Waals surface area contributed by atoms with Gasteiger partial charge in [-0.3, -0.25) is 9.59 Å². The SMILES string of the molecule is CC(C)CC(=O)N[C@H](C/C=C/c1ccccc1)C(N)=O. The molecule has 0 aromatic heterocycles. The van der Waals surface area contributed by atoms with Gasteiger partial charge in [0, 0.05) is 6.42 Å². The Bertz CT molecular complexity index is 467. The summed E-state index contributed by atoms with van der Waals surface area (Å²) in [5.74, 6) is -0.403. The van der Waals surface area contributed by atoms with Crippen molar-refractivity contribution in [3.05, 3.63) is 42.0 Å². The van der Waals surface area contributed by atoms with Crippen molar-refractivity contribution in [2.24, 2.45) is 11.7 Å². The molecule has 1 aromatic rings. The maximum Gasteiger partial charge on any atom is 0.240 e. The van der Waals surface area contributed by atoms with Crippen LogP contribution in [0.1, 0.15) is 32.3 Å². The van der Waals surface area contributed by atoms with Crippen molar-refractivity contribution in [2.75, 3.05) is 0 Å². The number of nitrogens with one attached hydrogen (secondary N) is 1. The molecular weight excluding hydrogens is 252 g/mol. The van der Waals surface area contributed by atoms with Gasteiger partial charge in [-0.15, -0.1) is 0 Å². The molecule has 0 unspecified atom stereocenters. The lowest BCUT2D eigenvalue weighted by molar-refractivity contribution is -0.127. The minimum absolute atomic E-state index is 0.142. The van der Waals surface area contributed by atoms with Crippen LogP contribution in [0.15, 0.2) is 36.4 Å². The molecule has 0 aliphatic heterocycles. The van der Waals surface area contributed by atoms with Gasteiger partial charge in [-0.25, -0.2) is 0 Å². The molecule has 0 radical (unpaired) electrons. The molecular formula is C16H22N2O2. The number of amides is 2. The van der Waals surface area contributed by atoms with Gasteiger partial charge in [-0.05, 0) is 17.9 Å². The highest BCUT2D eigenvalue weighted by Gasteiger charge is 2.16. The Morgan fingerprint density at radius 2 is 1.90 bits per heavy atom. The van der Waals surface area contributed by atoms with E-state index in [4.69, 9.17) is 5.73 Å². The second-order valence-electron chi connectivity index (χ2n) is 5.17. The summed E-state index contributed by atoms with van der Waals surface area (Å²) in [6, 6.07) is 9.10. The third-order valence-corrected chi connectivity index (χ3v) is 2.75. The molecule has 0 aliphatic rings. The van der Waals surface area contributed by atoms with E-state index in [0.29, 0.717) is 12.8 Å². The molecule has 0 saturated heterocycles. The minimum atomic E-state index is -0.652. The van der Waals surface area contributed by atoms with E-state index in [0.717, 1.165) is 5.56 Å². The van der Waals surface area contributed by atoms with Gasteiger partial charge in [0.25, 0.3) is 0 Å². The number of rotatable bonds is 7. The number of benzene rings is 1. The summed E-state index contributed by atoms with van der Waals surface area (Å²) in [6.07, 6.45) is 4.55. The lowest BCUT2D eigenvalue weighted by Crippen LogP contribution is -2.44. The quantitative estimate of drug-likeness (QED) is 0.799. The first-order valence-electron chi connectivity index (χ1n) is 6.79. The molecule has 1 atom stereocenters.